The summed E-state index contributed by atoms with van der Waals surface area (Å²) in [6, 6.07) is 12.8. The SMILES string of the molecule is CC(C)Oc1cccc(C(O)c2cc(Cl)ccc2Br)c1. The molecule has 1 unspecified atom stereocenters. The molecular formula is C16H16BrClO2. The fourth-order valence-electron chi connectivity index (χ4n) is 1.93. The Kier molecular flexibility index (Phi) is 5.08. The van der Waals surface area contributed by atoms with Gasteiger partial charge in [0.2, 0.25) is 0 Å². The molecular weight excluding hydrogens is 340 g/mol. The number of hydrogen-bond donors (Lipinski definition) is 1. The molecule has 0 fully saturated rings. The lowest BCUT2D eigenvalue weighted by Gasteiger charge is -2.16. The van der Waals surface area contributed by atoms with Crippen LogP contribution in [0.15, 0.2) is 46.9 Å². The molecule has 0 amide bonds. The van der Waals surface area contributed by atoms with Crippen LogP contribution in [-0.2, 0) is 0 Å². The van der Waals surface area contributed by atoms with E-state index in [2.05, 4.69) is 15.9 Å². The van der Waals surface area contributed by atoms with E-state index in [9.17, 15) is 5.11 Å². The maximum absolute atomic E-state index is 10.5. The maximum Gasteiger partial charge on any atom is 0.120 e. The van der Waals surface area contributed by atoms with Crippen LogP contribution in [0.2, 0.25) is 5.02 Å². The lowest BCUT2D eigenvalue weighted by molar-refractivity contribution is 0.216. The van der Waals surface area contributed by atoms with E-state index in [4.69, 9.17) is 16.3 Å². The van der Waals surface area contributed by atoms with Crippen molar-refractivity contribution >= 4 is 27.5 Å². The Morgan fingerprint density at radius 2 is 1.90 bits per heavy atom. The molecule has 0 radical (unpaired) electrons. The third-order valence-corrected chi connectivity index (χ3v) is 3.76. The number of hydrogen-bond acceptors (Lipinski definition) is 2. The van der Waals surface area contributed by atoms with E-state index in [-0.39, 0.29) is 6.10 Å². The zero-order chi connectivity index (χ0) is 14.7. The first kappa shape index (κ1) is 15.4. The molecule has 0 saturated heterocycles. The summed E-state index contributed by atoms with van der Waals surface area (Å²) < 4.78 is 6.47. The van der Waals surface area contributed by atoms with Gasteiger partial charge in [0, 0.05) is 15.1 Å². The van der Waals surface area contributed by atoms with Gasteiger partial charge in [-0.15, -0.1) is 0 Å². The van der Waals surface area contributed by atoms with Crippen molar-refractivity contribution in [1.29, 1.82) is 0 Å². The number of halogens is 2. The molecule has 1 N–H and O–H groups in total. The van der Waals surface area contributed by atoms with Crippen LogP contribution in [0, 0.1) is 0 Å². The summed E-state index contributed by atoms with van der Waals surface area (Å²) in [6.45, 7) is 3.94. The van der Waals surface area contributed by atoms with Gasteiger partial charge in [0.15, 0.2) is 0 Å². The number of ether oxygens (including phenoxy) is 1. The van der Waals surface area contributed by atoms with Crippen LogP contribution in [0.3, 0.4) is 0 Å². The lowest BCUT2D eigenvalue weighted by Crippen LogP contribution is -2.07. The van der Waals surface area contributed by atoms with Gasteiger partial charge < -0.3 is 9.84 Å². The molecule has 0 bridgehead atoms. The minimum absolute atomic E-state index is 0.0975. The highest BCUT2D eigenvalue weighted by Gasteiger charge is 2.15. The normalized spacial score (nSPS) is 12.5. The maximum atomic E-state index is 10.5. The first-order valence-corrected chi connectivity index (χ1v) is 7.54. The van der Waals surface area contributed by atoms with Gasteiger partial charge in [-0.1, -0.05) is 39.7 Å². The summed E-state index contributed by atoms with van der Waals surface area (Å²) >= 11 is 9.43. The van der Waals surface area contributed by atoms with Crippen molar-refractivity contribution in [3.05, 3.63) is 63.1 Å². The van der Waals surface area contributed by atoms with Gasteiger partial charge in [-0.2, -0.15) is 0 Å². The topological polar surface area (TPSA) is 29.5 Å². The van der Waals surface area contributed by atoms with Gasteiger partial charge in [0.25, 0.3) is 0 Å². The summed E-state index contributed by atoms with van der Waals surface area (Å²) in [6.07, 6.45) is -0.654. The standard InChI is InChI=1S/C16H16BrClO2/c1-10(2)20-13-5-3-4-11(8-13)16(19)14-9-12(18)6-7-15(14)17/h3-10,16,19H,1-2H3. The zero-order valence-electron chi connectivity index (χ0n) is 11.3. The fourth-order valence-corrected chi connectivity index (χ4v) is 2.58. The Hall–Kier alpha value is -1.03. The summed E-state index contributed by atoms with van der Waals surface area (Å²) in [5.41, 5.74) is 1.50. The van der Waals surface area contributed by atoms with Gasteiger partial charge in [-0.3, -0.25) is 0 Å². The van der Waals surface area contributed by atoms with Crippen LogP contribution in [0.1, 0.15) is 31.1 Å². The van der Waals surface area contributed by atoms with Crippen molar-refractivity contribution in [2.24, 2.45) is 0 Å². The van der Waals surface area contributed by atoms with E-state index in [0.29, 0.717) is 5.02 Å². The molecule has 0 aliphatic heterocycles. The molecule has 2 aromatic carbocycles. The third-order valence-electron chi connectivity index (χ3n) is 2.80. The van der Waals surface area contributed by atoms with Crippen molar-refractivity contribution in [3.8, 4) is 5.75 Å². The predicted molar refractivity (Wildman–Crippen MR) is 85.4 cm³/mol. The summed E-state index contributed by atoms with van der Waals surface area (Å²) in [7, 11) is 0. The van der Waals surface area contributed by atoms with E-state index in [1.54, 1.807) is 12.1 Å². The van der Waals surface area contributed by atoms with Gasteiger partial charge in [-0.25, -0.2) is 0 Å². The van der Waals surface area contributed by atoms with Gasteiger partial charge in [-0.05, 0) is 49.7 Å². The fraction of sp³-hybridized carbons (Fsp3) is 0.250. The predicted octanol–water partition coefficient (Wildman–Crippen LogP) is 4.97. The van der Waals surface area contributed by atoms with Crippen LogP contribution in [-0.4, -0.2) is 11.2 Å². The third kappa shape index (κ3) is 3.75. The molecule has 2 aromatic rings. The highest BCUT2D eigenvalue weighted by Crippen LogP contribution is 2.32. The quantitative estimate of drug-likeness (QED) is 0.839. The number of aliphatic hydroxyl groups is 1. The summed E-state index contributed by atoms with van der Waals surface area (Å²) in [5, 5.41) is 11.1. The Bertz CT molecular complexity index is 599. The molecule has 0 spiro atoms. The number of benzene rings is 2. The van der Waals surface area contributed by atoms with Crippen LogP contribution < -0.4 is 4.74 Å². The second-order valence-electron chi connectivity index (χ2n) is 4.81. The molecule has 4 heteroatoms. The van der Waals surface area contributed by atoms with Crippen LogP contribution in [0.5, 0.6) is 5.75 Å². The van der Waals surface area contributed by atoms with Crippen LogP contribution in [0.4, 0.5) is 0 Å². The Morgan fingerprint density at radius 1 is 1.15 bits per heavy atom. The van der Waals surface area contributed by atoms with Crippen molar-refractivity contribution in [3.63, 3.8) is 0 Å². The molecule has 0 aliphatic rings. The Labute approximate surface area is 132 Å². The second-order valence-corrected chi connectivity index (χ2v) is 6.10. The highest BCUT2D eigenvalue weighted by atomic mass is 79.9. The molecule has 2 rings (SSSR count). The first-order chi connectivity index (χ1) is 9.47. The molecule has 0 heterocycles. The van der Waals surface area contributed by atoms with E-state index in [1.807, 2.05) is 44.2 Å². The first-order valence-electron chi connectivity index (χ1n) is 6.37. The van der Waals surface area contributed by atoms with Crippen molar-refractivity contribution in [1.82, 2.24) is 0 Å². The second kappa shape index (κ2) is 6.61. The van der Waals surface area contributed by atoms with E-state index < -0.39 is 6.10 Å². The Balaban J connectivity index is 2.33. The molecule has 106 valence electrons. The lowest BCUT2D eigenvalue weighted by atomic mass is 10.0. The van der Waals surface area contributed by atoms with Crippen molar-refractivity contribution < 1.29 is 9.84 Å². The summed E-state index contributed by atoms with van der Waals surface area (Å²) in [5.74, 6) is 0.745. The van der Waals surface area contributed by atoms with Gasteiger partial charge in [0.1, 0.15) is 11.9 Å². The molecule has 20 heavy (non-hydrogen) atoms. The minimum Gasteiger partial charge on any atom is -0.491 e. The largest absolute Gasteiger partial charge is 0.491 e. The zero-order valence-corrected chi connectivity index (χ0v) is 13.6. The molecule has 0 aromatic heterocycles. The average Bonchev–Trinajstić information content (AvgIpc) is 2.40. The smallest absolute Gasteiger partial charge is 0.120 e. The van der Waals surface area contributed by atoms with Crippen molar-refractivity contribution in [2.45, 2.75) is 26.1 Å². The van der Waals surface area contributed by atoms with Crippen LogP contribution in [0.25, 0.3) is 0 Å². The minimum atomic E-state index is -0.751. The van der Waals surface area contributed by atoms with Crippen LogP contribution >= 0.6 is 27.5 Å². The highest BCUT2D eigenvalue weighted by molar-refractivity contribution is 9.10. The molecule has 2 nitrogen and oxygen atoms in total. The average molecular weight is 356 g/mol. The van der Waals surface area contributed by atoms with Gasteiger partial charge in [0.05, 0.1) is 6.10 Å². The van der Waals surface area contributed by atoms with Crippen molar-refractivity contribution in [2.75, 3.05) is 0 Å². The molecule has 1 atom stereocenters. The number of aliphatic hydroxyl groups excluding tert-OH is 1. The molecule has 0 aliphatic carbocycles. The van der Waals surface area contributed by atoms with E-state index in [0.717, 1.165) is 21.3 Å². The Morgan fingerprint density at radius 3 is 2.60 bits per heavy atom. The van der Waals surface area contributed by atoms with E-state index in [1.165, 1.54) is 0 Å². The summed E-state index contributed by atoms with van der Waals surface area (Å²) in [4.78, 5) is 0. The number of rotatable bonds is 4. The molecule has 0 saturated carbocycles. The van der Waals surface area contributed by atoms with Gasteiger partial charge >= 0.3 is 0 Å². The monoisotopic (exact) mass is 354 g/mol. The van der Waals surface area contributed by atoms with E-state index >= 15 is 0 Å².